The van der Waals surface area contributed by atoms with Gasteiger partial charge in [0.05, 0.1) is 0 Å². The van der Waals surface area contributed by atoms with Crippen molar-refractivity contribution < 1.29 is 0 Å². The quantitative estimate of drug-likeness (QED) is 0.759. The van der Waals surface area contributed by atoms with Gasteiger partial charge in [0.2, 0.25) is 0 Å². The molecule has 0 aliphatic heterocycles. The van der Waals surface area contributed by atoms with Crippen molar-refractivity contribution in [3.8, 4) is 0 Å². The van der Waals surface area contributed by atoms with Crippen LogP contribution in [-0.2, 0) is 6.54 Å². The molecule has 0 N–H and O–H groups in total. The SMILES string of the molecule is Cc1cc(I)nn1CC1CCC1. The third-order valence-electron chi connectivity index (χ3n) is 2.61. The van der Waals surface area contributed by atoms with Gasteiger partial charge in [-0.3, -0.25) is 4.68 Å². The van der Waals surface area contributed by atoms with Crippen LogP contribution in [0.15, 0.2) is 6.07 Å². The number of nitrogens with zero attached hydrogens (tertiary/aromatic N) is 2. The Bertz CT molecular complexity index is 276. The molecule has 1 saturated carbocycles. The zero-order valence-electron chi connectivity index (χ0n) is 7.26. The van der Waals surface area contributed by atoms with Crippen molar-refractivity contribution in [3.05, 3.63) is 15.5 Å². The van der Waals surface area contributed by atoms with Crippen molar-refractivity contribution in [2.24, 2.45) is 5.92 Å². The molecule has 12 heavy (non-hydrogen) atoms. The molecule has 2 rings (SSSR count). The highest BCUT2D eigenvalue weighted by Crippen LogP contribution is 2.28. The van der Waals surface area contributed by atoms with E-state index in [-0.39, 0.29) is 0 Å². The Morgan fingerprint density at radius 3 is 2.83 bits per heavy atom. The van der Waals surface area contributed by atoms with E-state index in [0.29, 0.717) is 0 Å². The summed E-state index contributed by atoms with van der Waals surface area (Å²) >= 11 is 2.27. The van der Waals surface area contributed by atoms with E-state index >= 15 is 0 Å². The summed E-state index contributed by atoms with van der Waals surface area (Å²) in [4.78, 5) is 0. The van der Waals surface area contributed by atoms with E-state index in [0.717, 1.165) is 16.2 Å². The van der Waals surface area contributed by atoms with Crippen LogP contribution in [0.2, 0.25) is 0 Å². The van der Waals surface area contributed by atoms with Gasteiger partial charge < -0.3 is 0 Å². The molecule has 0 amide bonds. The van der Waals surface area contributed by atoms with Crippen LogP contribution >= 0.6 is 22.6 Å². The number of rotatable bonds is 2. The predicted molar refractivity (Wildman–Crippen MR) is 57.0 cm³/mol. The van der Waals surface area contributed by atoms with Gasteiger partial charge in [0, 0.05) is 12.2 Å². The number of hydrogen-bond donors (Lipinski definition) is 0. The Morgan fingerprint density at radius 2 is 2.42 bits per heavy atom. The normalized spacial score (nSPS) is 17.8. The fourth-order valence-corrected chi connectivity index (χ4v) is 2.29. The third-order valence-corrected chi connectivity index (χ3v) is 3.13. The summed E-state index contributed by atoms with van der Waals surface area (Å²) in [5.74, 6) is 0.902. The first-order valence-electron chi connectivity index (χ1n) is 4.45. The fraction of sp³-hybridized carbons (Fsp3) is 0.667. The molecule has 1 heterocycles. The van der Waals surface area contributed by atoms with Crippen LogP contribution in [0.5, 0.6) is 0 Å². The molecule has 0 radical (unpaired) electrons. The highest BCUT2D eigenvalue weighted by molar-refractivity contribution is 14.1. The lowest BCUT2D eigenvalue weighted by Crippen LogP contribution is -2.19. The van der Waals surface area contributed by atoms with Crippen LogP contribution < -0.4 is 0 Å². The molecule has 0 spiro atoms. The van der Waals surface area contributed by atoms with E-state index in [1.807, 2.05) is 0 Å². The van der Waals surface area contributed by atoms with Crippen LogP contribution in [-0.4, -0.2) is 9.78 Å². The summed E-state index contributed by atoms with van der Waals surface area (Å²) in [5, 5.41) is 4.44. The van der Waals surface area contributed by atoms with Crippen molar-refractivity contribution in [1.82, 2.24) is 9.78 Å². The molecule has 1 aromatic heterocycles. The van der Waals surface area contributed by atoms with Crippen LogP contribution in [0.4, 0.5) is 0 Å². The maximum atomic E-state index is 4.44. The highest BCUT2D eigenvalue weighted by Gasteiger charge is 2.18. The zero-order valence-corrected chi connectivity index (χ0v) is 9.41. The van der Waals surface area contributed by atoms with Gasteiger partial charge in [-0.25, -0.2) is 0 Å². The Kier molecular flexibility index (Phi) is 2.39. The molecule has 1 aliphatic carbocycles. The van der Waals surface area contributed by atoms with Crippen LogP contribution in [0.25, 0.3) is 0 Å². The van der Waals surface area contributed by atoms with Gasteiger partial charge in [0.15, 0.2) is 0 Å². The van der Waals surface area contributed by atoms with Gasteiger partial charge >= 0.3 is 0 Å². The summed E-state index contributed by atoms with van der Waals surface area (Å²) in [6, 6.07) is 2.14. The van der Waals surface area contributed by atoms with Crippen molar-refractivity contribution in [2.45, 2.75) is 32.7 Å². The van der Waals surface area contributed by atoms with Gasteiger partial charge in [-0.2, -0.15) is 5.10 Å². The Hall–Kier alpha value is -0.0600. The zero-order chi connectivity index (χ0) is 8.55. The van der Waals surface area contributed by atoms with Gasteiger partial charge in [-0.05, 0) is 54.3 Å². The summed E-state index contributed by atoms with van der Waals surface area (Å²) in [7, 11) is 0. The third kappa shape index (κ3) is 1.65. The first-order valence-corrected chi connectivity index (χ1v) is 5.53. The lowest BCUT2D eigenvalue weighted by Gasteiger charge is -2.25. The minimum absolute atomic E-state index is 0.902. The molecule has 66 valence electrons. The van der Waals surface area contributed by atoms with Crippen molar-refractivity contribution >= 4 is 22.6 Å². The molecule has 1 aliphatic rings. The molecule has 1 aromatic rings. The average Bonchev–Trinajstić information content (AvgIpc) is 2.21. The minimum atomic E-state index is 0.902. The van der Waals surface area contributed by atoms with E-state index < -0.39 is 0 Å². The van der Waals surface area contributed by atoms with Gasteiger partial charge in [0.1, 0.15) is 3.70 Å². The van der Waals surface area contributed by atoms with Crippen LogP contribution in [0, 0.1) is 16.5 Å². The van der Waals surface area contributed by atoms with Crippen molar-refractivity contribution in [3.63, 3.8) is 0 Å². The predicted octanol–water partition coefficient (Wildman–Crippen LogP) is 2.60. The first kappa shape index (κ1) is 8.53. The molecule has 1 fully saturated rings. The molecule has 0 bridgehead atoms. The largest absolute Gasteiger partial charge is 0.269 e. The second-order valence-corrected chi connectivity index (χ2v) is 4.69. The number of halogens is 1. The second kappa shape index (κ2) is 3.36. The maximum absolute atomic E-state index is 4.44. The molecule has 0 saturated heterocycles. The highest BCUT2D eigenvalue weighted by atomic mass is 127. The van der Waals surface area contributed by atoms with E-state index in [1.54, 1.807) is 0 Å². The maximum Gasteiger partial charge on any atom is 0.123 e. The molecule has 0 unspecified atom stereocenters. The lowest BCUT2D eigenvalue weighted by molar-refractivity contribution is 0.264. The Morgan fingerprint density at radius 1 is 1.67 bits per heavy atom. The van der Waals surface area contributed by atoms with E-state index in [4.69, 9.17) is 0 Å². The molecular weight excluding hydrogens is 263 g/mol. The number of aromatic nitrogens is 2. The molecule has 0 aromatic carbocycles. The van der Waals surface area contributed by atoms with Crippen molar-refractivity contribution in [2.75, 3.05) is 0 Å². The fourth-order valence-electron chi connectivity index (χ4n) is 1.57. The van der Waals surface area contributed by atoms with Crippen molar-refractivity contribution in [1.29, 1.82) is 0 Å². The standard InChI is InChI=1S/C9H13IN2/c1-7-5-9(10)11-12(7)6-8-3-2-4-8/h5,8H,2-4,6H2,1H3. The Labute approximate surface area is 86.5 Å². The monoisotopic (exact) mass is 276 g/mol. The van der Waals surface area contributed by atoms with Crippen LogP contribution in [0.1, 0.15) is 25.0 Å². The lowest BCUT2D eigenvalue weighted by atomic mass is 9.85. The topological polar surface area (TPSA) is 17.8 Å². The number of hydrogen-bond acceptors (Lipinski definition) is 1. The summed E-state index contributed by atoms with van der Waals surface area (Å²) in [5.41, 5.74) is 1.30. The van der Waals surface area contributed by atoms with Gasteiger partial charge in [-0.1, -0.05) is 6.42 Å². The Balaban J connectivity index is 2.05. The van der Waals surface area contributed by atoms with Crippen LogP contribution in [0.3, 0.4) is 0 Å². The molecule has 2 nitrogen and oxygen atoms in total. The summed E-state index contributed by atoms with van der Waals surface area (Å²) in [6.45, 7) is 3.27. The van der Waals surface area contributed by atoms with Gasteiger partial charge in [0.25, 0.3) is 0 Å². The minimum Gasteiger partial charge on any atom is -0.269 e. The second-order valence-electron chi connectivity index (χ2n) is 3.59. The summed E-state index contributed by atoms with van der Waals surface area (Å²) in [6.07, 6.45) is 4.22. The average molecular weight is 276 g/mol. The van der Waals surface area contributed by atoms with Gasteiger partial charge in [-0.15, -0.1) is 0 Å². The van der Waals surface area contributed by atoms with E-state index in [2.05, 4.69) is 45.4 Å². The molecule has 3 heteroatoms. The van der Waals surface area contributed by atoms with E-state index in [1.165, 1.54) is 25.0 Å². The molecule has 0 atom stereocenters. The van der Waals surface area contributed by atoms with E-state index in [9.17, 15) is 0 Å². The number of aryl methyl sites for hydroxylation is 1. The summed E-state index contributed by atoms with van der Waals surface area (Å²) < 4.78 is 3.26. The first-order chi connectivity index (χ1) is 5.75. The molecular formula is C9H13IN2. The smallest absolute Gasteiger partial charge is 0.123 e.